The van der Waals surface area contributed by atoms with Crippen molar-refractivity contribution in [2.24, 2.45) is 0 Å². The maximum absolute atomic E-state index is 12.5. The van der Waals surface area contributed by atoms with E-state index in [1.807, 2.05) is 53.4 Å². The van der Waals surface area contributed by atoms with Crippen molar-refractivity contribution < 1.29 is 13.8 Å². The van der Waals surface area contributed by atoms with Crippen molar-refractivity contribution in [2.45, 2.75) is 38.6 Å². The van der Waals surface area contributed by atoms with Crippen molar-refractivity contribution in [2.75, 3.05) is 18.0 Å². The molecule has 0 N–H and O–H groups in total. The number of piperidine rings is 1. The molecule has 1 unspecified atom stereocenters. The van der Waals surface area contributed by atoms with E-state index in [2.05, 4.69) is 30.1 Å². The van der Waals surface area contributed by atoms with Crippen LogP contribution in [0.1, 0.15) is 12.8 Å². The Hall–Kier alpha value is -4.30. The van der Waals surface area contributed by atoms with Crippen LogP contribution in [0.15, 0.2) is 103 Å². The molecule has 1 fully saturated rings. The van der Waals surface area contributed by atoms with Gasteiger partial charge in [-0.1, -0.05) is 24.3 Å². The second-order valence-corrected chi connectivity index (χ2v) is 11.7. The molecule has 14 heteroatoms. The summed E-state index contributed by atoms with van der Waals surface area (Å²) in [4.78, 5) is 31.4. The lowest BCUT2D eigenvalue weighted by Crippen LogP contribution is -2.36. The maximum atomic E-state index is 12.5. The molecule has 1 atom stereocenters. The maximum Gasteiger partial charge on any atom is 0.342 e. The standard InChI is InChI=1S/C25H22N8O4S2/c34-33(35)20-21(32-13-9-18(10-14-32)38-19-8-4-5-11-26-19)28-16-29-23(20)39(24-27-12-15-36-24)25-31-30-22(37-25)17-6-2-1-3-7-17/h1-8,11-12,15-16,18,39H,9-10,13-14H2. The average molecular weight is 563 g/mol. The van der Waals surface area contributed by atoms with E-state index in [9.17, 15) is 10.1 Å². The molecule has 0 radical (unpaired) electrons. The Morgan fingerprint density at radius 2 is 1.77 bits per heavy atom. The fraction of sp³-hybridized carbons (Fsp3) is 0.200. The number of rotatable bonds is 8. The van der Waals surface area contributed by atoms with Crippen LogP contribution in [-0.2, 0) is 0 Å². The van der Waals surface area contributed by atoms with Gasteiger partial charge in [-0.3, -0.25) is 10.1 Å². The van der Waals surface area contributed by atoms with Gasteiger partial charge < -0.3 is 13.7 Å². The normalized spacial score (nSPS) is 15.3. The Bertz CT molecular complexity index is 1550. The molecule has 5 aromatic rings. The Morgan fingerprint density at radius 3 is 2.49 bits per heavy atom. The zero-order valence-electron chi connectivity index (χ0n) is 20.4. The van der Waals surface area contributed by atoms with E-state index < -0.39 is 15.8 Å². The Balaban J connectivity index is 1.32. The first-order valence-electron chi connectivity index (χ1n) is 12.1. The van der Waals surface area contributed by atoms with E-state index >= 15 is 0 Å². The lowest BCUT2D eigenvalue weighted by molar-refractivity contribution is -0.387. The molecule has 4 aromatic heterocycles. The molecule has 1 aliphatic rings. The number of nitro groups is 1. The zero-order valence-corrected chi connectivity index (χ0v) is 22.1. The fourth-order valence-electron chi connectivity index (χ4n) is 4.28. The molecule has 1 saturated heterocycles. The molecular weight excluding hydrogens is 540 g/mol. The monoisotopic (exact) mass is 562 g/mol. The van der Waals surface area contributed by atoms with Gasteiger partial charge >= 0.3 is 5.69 Å². The van der Waals surface area contributed by atoms with E-state index in [-0.39, 0.29) is 32.9 Å². The quantitative estimate of drug-likeness (QED) is 0.117. The van der Waals surface area contributed by atoms with E-state index in [1.165, 1.54) is 18.8 Å². The van der Waals surface area contributed by atoms with E-state index in [0.29, 0.717) is 18.3 Å². The molecule has 12 nitrogen and oxygen atoms in total. The number of hydrogen-bond donors (Lipinski definition) is 1. The molecule has 0 aliphatic carbocycles. The van der Waals surface area contributed by atoms with Gasteiger partial charge in [-0.05, 0) is 48.0 Å². The zero-order chi connectivity index (χ0) is 26.6. The van der Waals surface area contributed by atoms with Crippen LogP contribution >= 0.6 is 22.7 Å². The van der Waals surface area contributed by atoms with Gasteiger partial charge in [0.15, 0.2) is 5.03 Å². The number of aromatic nitrogens is 6. The second-order valence-electron chi connectivity index (χ2n) is 8.50. The number of anilines is 1. The summed E-state index contributed by atoms with van der Waals surface area (Å²) in [5.41, 5.74) is 0.514. The first-order valence-corrected chi connectivity index (χ1v) is 14.3. The number of oxazole rings is 1. The van der Waals surface area contributed by atoms with Gasteiger partial charge in [0.05, 0.1) is 16.1 Å². The summed E-state index contributed by atoms with van der Waals surface area (Å²) in [7, 11) is -1.86. The summed E-state index contributed by atoms with van der Waals surface area (Å²) in [6.45, 7) is 1.22. The first kappa shape index (κ1) is 25.0. The molecule has 1 aromatic carbocycles. The van der Waals surface area contributed by atoms with Crippen molar-refractivity contribution >= 4 is 34.2 Å². The lowest BCUT2D eigenvalue weighted by atomic mass is 10.1. The van der Waals surface area contributed by atoms with Crippen LogP contribution in [-0.4, -0.2) is 53.4 Å². The van der Waals surface area contributed by atoms with Crippen molar-refractivity contribution in [1.29, 1.82) is 0 Å². The molecule has 5 heterocycles. The molecule has 1 aliphatic heterocycles. The number of hydrogen-bond acceptors (Lipinski definition) is 12. The fourth-order valence-corrected chi connectivity index (χ4v) is 7.10. The van der Waals surface area contributed by atoms with Gasteiger partial charge in [0, 0.05) is 30.1 Å². The number of thioether (sulfide) groups is 1. The van der Waals surface area contributed by atoms with Crippen LogP contribution in [0.5, 0.6) is 0 Å². The Kier molecular flexibility index (Phi) is 7.19. The van der Waals surface area contributed by atoms with Gasteiger partial charge in [-0.2, -0.15) is 0 Å². The van der Waals surface area contributed by atoms with E-state index in [1.54, 1.807) is 18.0 Å². The number of pyridine rings is 1. The summed E-state index contributed by atoms with van der Waals surface area (Å²) in [6, 6.07) is 15.1. The highest BCUT2D eigenvalue weighted by atomic mass is 32.2. The van der Waals surface area contributed by atoms with Crippen LogP contribution in [0.3, 0.4) is 0 Å². The molecule has 198 valence electrons. The third-order valence-electron chi connectivity index (χ3n) is 6.08. The molecule has 0 bridgehead atoms. The van der Waals surface area contributed by atoms with Gasteiger partial charge in [-0.15, -0.1) is 22.0 Å². The number of benzene rings is 1. The van der Waals surface area contributed by atoms with Gasteiger partial charge in [0.25, 0.3) is 5.22 Å². The molecule has 39 heavy (non-hydrogen) atoms. The van der Waals surface area contributed by atoms with Crippen LogP contribution < -0.4 is 4.90 Å². The molecule has 0 amide bonds. The highest BCUT2D eigenvalue weighted by Crippen LogP contribution is 2.54. The summed E-state index contributed by atoms with van der Waals surface area (Å²) in [5, 5.41) is 22.7. The van der Waals surface area contributed by atoms with Crippen molar-refractivity contribution in [3.05, 3.63) is 83.6 Å². The van der Waals surface area contributed by atoms with Crippen LogP contribution in [0.2, 0.25) is 0 Å². The van der Waals surface area contributed by atoms with Gasteiger partial charge in [-0.25, -0.2) is 19.9 Å². The summed E-state index contributed by atoms with van der Waals surface area (Å²) < 4.78 is 11.6. The summed E-state index contributed by atoms with van der Waals surface area (Å²) >= 11 is 1.73. The third kappa shape index (κ3) is 5.33. The predicted molar refractivity (Wildman–Crippen MR) is 144 cm³/mol. The van der Waals surface area contributed by atoms with Crippen LogP contribution in [0.25, 0.3) is 11.5 Å². The average Bonchev–Trinajstić information content (AvgIpc) is 3.68. The number of nitrogens with zero attached hydrogens (tertiary/aromatic N) is 8. The third-order valence-corrected chi connectivity index (χ3v) is 9.29. The molecule has 0 saturated carbocycles. The Morgan fingerprint density at radius 1 is 0.949 bits per heavy atom. The minimum atomic E-state index is -1.86. The molecule has 0 spiro atoms. The van der Waals surface area contributed by atoms with Crippen molar-refractivity contribution in [3.8, 4) is 11.5 Å². The van der Waals surface area contributed by atoms with Crippen molar-refractivity contribution in [1.82, 2.24) is 30.1 Å². The number of thiol groups is 1. The Labute approximate surface area is 229 Å². The smallest absolute Gasteiger partial charge is 0.342 e. The van der Waals surface area contributed by atoms with Crippen LogP contribution in [0, 0.1) is 10.1 Å². The van der Waals surface area contributed by atoms with E-state index in [4.69, 9.17) is 8.83 Å². The summed E-state index contributed by atoms with van der Waals surface area (Å²) in [5.74, 6) is 0.544. The minimum absolute atomic E-state index is 0.135. The highest BCUT2D eigenvalue weighted by Gasteiger charge is 2.36. The molecule has 6 rings (SSSR count). The van der Waals surface area contributed by atoms with Crippen molar-refractivity contribution in [3.63, 3.8) is 0 Å². The highest BCUT2D eigenvalue weighted by molar-refractivity contribution is 8.16. The van der Waals surface area contributed by atoms with E-state index in [0.717, 1.165) is 23.4 Å². The predicted octanol–water partition coefficient (Wildman–Crippen LogP) is 5.06. The van der Waals surface area contributed by atoms with Gasteiger partial charge in [0.2, 0.25) is 16.9 Å². The first-order chi connectivity index (χ1) is 19.2. The SMILES string of the molecule is O=[N+]([O-])c1c(N2CCC(Sc3ccccn3)CC2)ncnc1[SH](c1ncco1)c1nnc(-c2ccccc2)o1. The second kappa shape index (κ2) is 11.2. The topological polar surface area (TPSA) is 150 Å². The minimum Gasteiger partial charge on any atom is -0.441 e. The van der Waals surface area contributed by atoms with Gasteiger partial charge in [0.1, 0.15) is 12.6 Å². The summed E-state index contributed by atoms with van der Waals surface area (Å²) in [6.07, 6.45) is 7.64. The van der Waals surface area contributed by atoms with Crippen LogP contribution in [0.4, 0.5) is 11.5 Å². The molecular formula is C25H22N8O4S2. The lowest BCUT2D eigenvalue weighted by Gasteiger charge is -2.32. The largest absolute Gasteiger partial charge is 0.441 e.